The minimum atomic E-state index is -1.15. The number of nitrogens with zero attached hydrogens (tertiary/aromatic N) is 1. The molecule has 0 spiro atoms. The summed E-state index contributed by atoms with van der Waals surface area (Å²) in [6.45, 7) is 0.332. The smallest absolute Gasteiger partial charge is 0.414 e. The van der Waals surface area contributed by atoms with E-state index in [-0.39, 0.29) is 5.24 Å². The molecule has 0 aromatic rings. The number of rotatable bonds is 0. The Morgan fingerprint density at radius 1 is 1.78 bits per heavy atom. The van der Waals surface area contributed by atoms with E-state index in [4.69, 9.17) is 5.11 Å². The van der Waals surface area contributed by atoms with Crippen LogP contribution < -0.4 is 0 Å². The van der Waals surface area contributed by atoms with E-state index < -0.39 is 6.09 Å². The Kier molecular flexibility index (Phi) is 1.61. The fraction of sp³-hybridized carbons (Fsp3) is 0.500. The third kappa shape index (κ3) is 1.16. The Hall–Kier alpha value is -0.710. The Morgan fingerprint density at radius 3 is 2.67 bits per heavy atom. The first-order chi connectivity index (χ1) is 4.22. The molecule has 1 heterocycles. The summed E-state index contributed by atoms with van der Waals surface area (Å²) < 4.78 is 0. The van der Waals surface area contributed by atoms with Crippen LogP contribution >= 0.6 is 11.8 Å². The second-order valence-corrected chi connectivity index (χ2v) is 2.59. The summed E-state index contributed by atoms with van der Waals surface area (Å²) in [6, 6.07) is 0. The largest absolute Gasteiger partial charge is 0.465 e. The fourth-order valence-corrected chi connectivity index (χ4v) is 1.34. The number of thioether (sulfide) groups is 1. The van der Waals surface area contributed by atoms with Crippen molar-refractivity contribution in [3.63, 3.8) is 0 Å². The van der Waals surface area contributed by atoms with Gasteiger partial charge >= 0.3 is 6.09 Å². The molecule has 0 unspecified atom stereocenters. The summed E-state index contributed by atoms with van der Waals surface area (Å²) in [7, 11) is 0. The van der Waals surface area contributed by atoms with E-state index in [2.05, 4.69) is 0 Å². The molecule has 0 radical (unpaired) electrons. The van der Waals surface area contributed by atoms with Gasteiger partial charge in [0, 0.05) is 12.3 Å². The van der Waals surface area contributed by atoms with E-state index in [1.165, 1.54) is 0 Å². The number of hydrogen-bond donors (Lipinski definition) is 1. The van der Waals surface area contributed by atoms with Crippen LogP contribution in [-0.4, -0.2) is 33.6 Å². The maximum atomic E-state index is 10.5. The minimum Gasteiger partial charge on any atom is -0.465 e. The van der Waals surface area contributed by atoms with Crippen molar-refractivity contribution < 1.29 is 14.7 Å². The molecule has 1 rings (SSSR count). The van der Waals surface area contributed by atoms with Crippen LogP contribution in [0.1, 0.15) is 0 Å². The van der Waals surface area contributed by atoms with Crippen molar-refractivity contribution in [2.24, 2.45) is 0 Å². The van der Waals surface area contributed by atoms with Gasteiger partial charge in [0.05, 0.1) is 0 Å². The normalized spacial score (nSPS) is 18.7. The van der Waals surface area contributed by atoms with E-state index in [1.807, 2.05) is 0 Å². The van der Waals surface area contributed by atoms with Gasteiger partial charge in [-0.15, -0.1) is 0 Å². The van der Waals surface area contributed by atoms with Crippen molar-refractivity contribution in [2.45, 2.75) is 0 Å². The van der Waals surface area contributed by atoms with Crippen molar-refractivity contribution in [3.05, 3.63) is 0 Å². The zero-order chi connectivity index (χ0) is 6.85. The highest BCUT2D eigenvalue weighted by Gasteiger charge is 2.26. The second-order valence-electron chi connectivity index (χ2n) is 1.55. The molecular weight excluding hydrogens is 142 g/mol. The van der Waals surface area contributed by atoms with E-state index in [0.717, 1.165) is 16.7 Å². The first-order valence-electron chi connectivity index (χ1n) is 2.39. The lowest BCUT2D eigenvalue weighted by molar-refractivity contribution is 0.160. The van der Waals surface area contributed by atoms with Crippen LogP contribution in [0.2, 0.25) is 0 Å². The van der Waals surface area contributed by atoms with Crippen LogP contribution in [0.3, 0.4) is 0 Å². The van der Waals surface area contributed by atoms with Crippen LogP contribution in [0.25, 0.3) is 0 Å². The van der Waals surface area contributed by atoms with Gasteiger partial charge in [-0.2, -0.15) is 0 Å². The van der Waals surface area contributed by atoms with Crippen LogP contribution in [0, 0.1) is 0 Å². The van der Waals surface area contributed by atoms with Gasteiger partial charge in [0.2, 0.25) is 0 Å². The molecule has 1 aliphatic rings. The number of carbonyl (C=O) groups excluding carboxylic acids is 1. The Bertz CT molecular complexity index is 158. The molecule has 0 saturated carbocycles. The zero-order valence-corrected chi connectivity index (χ0v) is 5.35. The van der Waals surface area contributed by atoms with Crippen LogP contribution in [0.15, 0.2) is 0 Å². The lowest BCUT2D eigenvalue weighted by atomic mass is 10.7. The van der Waals surface area contributed by atoms with Gasteiger partial charge in [0.25, 0.3) is 5.24 Å². The molecule has 4 nitrogen and oxygen atoms in total. The first-order valence-corrected chi connectivity index (χ1v) is 3.37. The van der Waals surface area contributed by atoms with Crippen LogP contribution in [0.4, 0.5) is 9.59 Å². The summed E-state index contributed by atoms with van der Waals surface area (Å²) in [5.41, 5.74) is 0. The van der Waals surface area contributed by atoms with Gasteiger partial charge < -0.3 is 5.11 Å². The summed E-state index contributed by atoms with van der Waals surface area (Å²) >= 11 is 1.04. The van der Waals surface area contributed by atoms with E-state index in [1.54, 1.807) is 0 Å². The average molecular weight is 147 g/mol. The van der Waals surface area contributed by atoms with Gasteiger partial charge in [-0.3, -0.25) is 4.79 Å². The highest BCUT2D eigenvalue weighted by atomic mass is 32.2. The highest BCUT2D eigenvalue weighted by molar-refractivity contribution is 8.13. The molecule has 2 amide bonds. The molecule has 0 aromatic heterocycles. The molecule has 1 fully saturated rings. The van der Waals surface area contributed by atoms with Gasteiger partial charge in [-0.05, 0) is 0 Å². The van der Waals surface area contributed by atoms with Crippen LogP contribution in [-0.2, 0) is 0 Å². The number of carbonyl (C=O) groups is 2. The zero-order valence-electron chi connectivity index (χ0n) is 4.53. The van der Waals surface area contributed by atoms with Gasteiger partial charge in [0.15, 0.2) is 0 Å². The van der Waals surface area contributed by atoms with Crippen molar-refractivity contribution in [1.82, 2.24) is 4.90 Å². The molecule has 0 atom stereocenters. The quantitative estimate of drug-likeness (QED) is 0.551. The van der Waals surface area contributed by atoms with Gasteiger partial charge in [0.1, 0.15) is 0 Å². The lowest BCUT2D eigenvalue weighted by Crippen LogP contribution is -2.28. The monoisotopic (exact) mass is 147 g/mol. The molecule has 5 heteroatoms. The SMILES string of the molecule is O=C(O)N1CCSC1=O. The van der Waals surface area contributed by atoms with Crippen LogP contribution in [0.5, 0.6) is 0 Å². The predicted octanol–water partition coefficient (Wildman–Crippen LogP) is 0.833. The van der Waals surface area contributed by atoms with E-state index in [0.29, 0.717) is 12.3 Å². The topological polar surface area (TPSA) is 57.6 Å². The number of hydrogen-bond acceptors (Lipinski definition) is 3. The van der Waals surface area contributed by atoms with Crippen molar-refractivity contribution in [2.75, 3.05) is 12.3 Å². The fourth-order valence-electron chi connectivity index (χ4n) is 0.567. The number of imide groups is 1. The number of carboxylic acid groups (broad SMARTS) is 1. The van der Waals surface area contributed by atoms with Crippen molar-refractivity contribution >= 4 is 23.1 Å². The molecule has 9 heavy (non-hydrogen) atoms. The molecule has 0 aliphatic carbocycles. The van der Waals surface area contributed by atoms with Gasteiger partial charge in [-0.25, -0.2) is 9.69 Å². The number of amides is 2. The molecule has 50 valence electrons. The summed E-state index contributed by atoms with van der Waals surface area (Å²) in [6.07, 6.45) is -1.15. The molecule has 0 aromatic carbocycles. The van der Waals surface area contributed by atoms with Crippen molar-refractivity contribution in [3.8, 4) is 0 Å². The Labute approximate surface area is 55.8 Å². The lowest BCUT2D eigenvalue weighted by Gasteiger charge is -2.04. The summed E-state index contributed by atoms with van der Waals surface area (Å²) in [4.78, 5) is 21.4. The first kappa shape index (κ1) is 6.41. The van der Waals surface area contributed by atoms with E-state index in [9.17, 15) is 9.59 Å². The maximum absolute atomic E-state index is 10.5. The summed E-state index contributed by atoms with van der Waals surface area (Å²) in [5.74, 6) is 0.588. The average Bonchev–Trinajstić information content (AvgIpc) is 2.13. The Balaban J connectivity index is 2.60. The molecular formula is C4H5NO3S. The molecule has 0 bridgehead atoms. The predicted molar refractivity (Wildman–Crippen MR) is 32.6 cm³/mol. The molecule has 1 N–H and O–H groups in total. The Morgan fingerprint density at radius 2 is 2.44 bits per heavy atom. The third-order valence-corrected chi connectivity index (χ3v) is 1.85. The minimum absolute atomic E-state index is 0.332. The van der Waals surface area contributed by atoms with Gasteiger partial charge in [-0.1, -0.05) is 11.8 Å². The highest BCUT2D eigenvalue weighted by Crippen LogP contribution is 2.16. The molecule has 1 saturated heterocycles. The maximum Gasteiger partial charge on any atom is 0.414 e. The third-order valence-electron chi connectivity index (χ3n) is 0.992. The second kappa shape index (κ2) is 2.26. The molecule has 1 aliphatic heterocycles. The summed E-state index contributed by atoms with van der Waals surface area (Å²) in [5, 5.41) is 7.92. The van der Waals surface area contributed by atoms with E-state index >= 15 is 0 Å². The van der Waals surface area contributed by atoms with Crippen molar-refractivity contribution in [1.29, 1.82) is 0 Å². The standard InChI is InChI=1S/C4H5NO3S/c6-3(7)5-1-2-9-4(5)8/h1-2H2,(H,6,7).